The highest BCUT2D eigenvalue weighted by Gasteiger charge is 1.79. The van der Waals surface area contributed by atoms with Crippen molar-refractivity contribution >= 4 is 11.6 Å². The molecule has 0 rings (SSSR count). The summed E-state index contributed by atoms with van der Waals surface area (Å²) in [6.07, 6.45) is 3.87. The fourth-order valence-electron chi connectivity index (χ4n) is 0.265. The number of rotatable bonds is 1. The van der Waals surface area contributed by atoms with Crippen molar-refractivity contribution in [1.82, 2.24) is 0 Å². The van der Waals surface area contributed by atoms with Gasteiger partial charge < -0.3 is 0 Å². The zero-order valence-corrected chi connectivity index (χ0v) is 4.87. The van der Waals surface area contributed by atoms with Crippen LogP contribution in [0.1, 0.15) is 13.8 Å². The molecule has 0 spiro atoms. The lowest BCUT2D eigenvalue weighted by Gasteiger charge is -1.84. The molecule has 0 aromatic carbocycles. The van der Waals surface area contributed by atoms with Gasteiger partial charge in [0.1, 0.15) is 0 Å². The van der Waals surface area contributed by atoms with E-state index in [-0.39, 0.29) is 5.38 Å². The monoisotopic (exact) mass is 104 g/mol. The molecule has 0 fully saturated rings. The van der Waals surface area contributed by atoms with Gasteiger partial charge in [0.25, 0.3) is 0 Å². The summed E-state index contributed by atoms with van der Waals surface area (Å²) in [6, 6.07) is 0. The number of hydrogen-bond donors (Lipinski definition) is 0. The summed E-state index contributed by atoms with van der Waals surface area (Å²) in [7, 11) is 0. The number of halogens is 1. The Morgan fingerprint density at radius 2 is 2.17 bits per heavy atom. The Labute approximate surface area is 43.8 Å². The molecule has 0 aliphatic heterocycles. The molecule has 36 valence electrons. The molecule has 0 aromatic rings. The summed E-state index contributed by atoms with van der Waals surface area (Å²) in [5.41, 5.74) is 0. The highest BCUT2D eigenvalue weighted by molar-refractivity contribution is 6.21. The van der Waals surface area contributed by atoms with Crippen molar-refractivity contribution in [3.05, 3.63) is 12.2 Å². The van der Waals surface area contributed by atoms with Gasteiger partial charge in [-0.1, -0.05) is 12.2 Å². The van der Waals surface area contributed by atoms with Gasteiger partial charge in [0, 0.05) is 5.38 Å². The van der Waals surface area contributed by atoms with E-state index >= 15 is 0 Å². The van der Waals surface area contributed by atoms with Crippen molar-refractivity contribution in [2.24, 2.45) is 0 Å². The Kier molecular flexibility index (Phi) is 3.24. The summed E-state index contributed by atoms with van der Waals surface area (Å²) < 4.78 is 0. The number of alkyl halides is 1. The maximum Gasteiger partial charge on any atom is 0.0487 e. The zero-order chi connectivity index (χ0) is 4.99. The first kappa shape index (κ1) is 6.03. The van der Waals surface area contributed by atoms with Crippen molar-refractivity contribution < 1.29 is 0 Å². The second-order valence-corrected chi connectivity index (χ2v) is 1.89. The third-order valence-electron chi connectivity index (χ3n) is 0.458. The molecular formula is C5H9Cl. The quantitative estimate of drug-likeness (QED) is 0.353. The van der Waals surface area contributed by atoms with Crippen LogP contribution in [0.25, 0.3) is 0 Å². The van der Waals surface area contributed by atoms with Gasteiger partial charge in [0.15, 0.2) is 0 Å². The average molecular weight is 105 g/mol. The SMILES string of the molecule is C/C=C\C(C)Cl. The molecule has 0 saturated carbocycles. The molecule has 0 amide bonds. The lowest BCUT2D eigenvalue weighted by atomic mass is 10.4. The summed E-state index contributed by atoms with van der Waals surface area (Å²) in [4.78, 5) is 0. The van der Waals surface area contributed by atoms with E-state index < -0.39 is 0 Å². The Morgan fingerprint density at radius 1 is 1.67 bits per heavy atom. The van der Waals surface area contributed by atoms with Gasteiger partial charge >= 0.3 is 0 Å². The highest BCUT2D eigenvalue weighted by Crippen LogP contribution is 1.92. The Morgan fingerprint density at radius 3 is 2.17 bits per heavy atom. The molecule has 0 nitrogen and oxygen atoms in total. The van der Waals surface area contributed by atoms with E-state index in [4.69, 9.17) is 11.6 Å². The van der Waals surface area contributed by atoms with Gasteiger partial charge in [-0.25, -0.2) is 0 Å². The van der Waals surface area contributed by atoms with Gasteiger partial charge in [-0.3, -0.25) is 0 Å². The van der Waals surface area contributed by atoms with Crippen molar-refractivity contribution in [3.63, 3.8) is 0 Å². The Hall–Kier alpha value is 0.0300. The first-order valence-electron chi connectivity index (χ1n) is 2.04. The summed E-state index contributed by atoms with van der Waals surface area (Å²) in [6.45, 7) is 3.89. The van der Waals surface area contributed by atoms with Crippen molar-refractivity contribution in [3.8, 4) is 0 Å². The van der Waals surface area contributed by atoms with Crippen LogP contribution in [0.5, 0.6) is 0 Å². The molecule has 0 aliphatic carbocycles. The molecule has 0 radical (unpaired) electrons. The second-order valence-electron chi connectivity index (χ2n) is 1.20. The Balaban J connectivity index is 3.03. The van der Waals surface area contributed by atoms with Crippen LogP contribution in [-0.2, 0) is 0 Å². The first-order chi connectivity index (χ1) is 2.77. The van der Waals surface area contributed by atoms with Crippen molar-refractivity contribution in [2.75, 3.05) is 0 Å². The minimum absolute atomic E-state index is 0.190. The topological polar surface area (TPSA) is 0 Å². The van der Waals surface area contributed by atoms with Gasteiger partial charge in [-0.05, 0) is 13.8 Å². The summed E-state index contributed by atoms with van der Waals surface area (Å²) in [5.74, 6) is 0. The standard InChI is InChI=1S/C5H9Cl/c1-3-4-5(2)6/h3-5H,1-2H3/b4-3-. The lowest BCUT2D eigenvalue weighted by Crippen LogP contribution is -1.77. The van der Waals surface area contributed by atoms with Crippen LogP contribution < -0.4 is 0 Å². The van der Waals surface area contributed by atoms with Crippen molar-refractivity contribution in [2.45, 2.75) is 19.2 Å². The van der Waals surface area contributed by atoms with Crippen LogP contribution >= 0.6 is 11.6 Å². The van der Waals surface area contributed by atoms with Crippen LogP contribution in [0.4, 0.5) is 0 Å². The fraction of sp³-hybridized carbons (Fsp3) is 0.600. The van der Waals surface area contributed by atoms with E-state index in [2.05, 4.69) is 0 Å². The maximum absolute atomic E-state index is 5.49. The molecule has 1 unspecified atom stereocenters. The largest absolute Gasteiger partial charge is 0.119 e. The molecule has 0 heterocycles. The third kappa shape index (κ3) is 4.03. The fourth-order valence-corrected chi connectivity index (χ4v) is 0.411. The lowest BCUT2D eigenvalue weighted by molar-refractivity contribution is 1.22. The first-order valence-corrected chi connectivity index (χ1v) is 2.48. The predicted molar refractivity (Wildman–Crippen MR) is 30.1 cm³/mol. The highest BCUT2D eigenvalue weighted by atomic mass is 35.5. The maximum atomic E-state index is 5.49. The Bertz CT molecular complexity index is 45.9. The molecule has 6 heavy (non-hydrogen) atoms. The smallest absolute Gasteiger partial charge is 0.0487 e. The van der Waals surface area contributed by atoms with E-state index in [9.17, 15) is 0 Å². The molecule has 1 heteroatoms. The summed E-state index contributed by atoms with van der Waals surface area (Å²) >= 11 is 5.49. The number of allylic oxidation sites excluding steroid dienone is 2. The number of hydrogen-bond acceptors (Lipinski definition) is 0. The average Bonchev–Trinajstić information content (AvgIpc) is 1.35. The van der Waals surface area contributed by atoms with E-state index in [1.165, 1.54) is 0 Å². The predicted octanol–water partition coefficient (Wildman–Crippen LogP) is 2.19. The van der Waals surface area contributed by atoms with Crippen LogP contribution in [0, 0.1) is 0 Å². The van der Waals surface area contributed by atoms with Crippen LogP contribution in [0.3, 0.4) is 0 Å². The summed E-state index contributed by atoms with van der Waals surface area (Å²) in [5, 5.41) is 0.190. The zero-order valence-electron chi connectivity index (χ0n) is 4.11. The van der Waals surface area contributed by atoms with Gasteiger partial charge in [-0.2, -0.15) is 0 Å². The minimum atomic E-state index is 0.190. The van der Waals surface area contributed by atoms with Crippen LogP contribution in [0.2, 0.25) is 0 Å². The van der Waals surface area contributed by atoms with E-state index in [1.807, 2.05) is 26.0 Å². The van der Waals surface area contributed by atoms with Crippen molar-refractivity contribution in [1.29, 1.82) is 0 Å². The third-order valence-corrected chi connectivity index (χ3v) is 0.603. The van der Waals surface area contributed by atoms with E-state index in [0.717, 1.165) is 0 Å². The molecule has 0 bridgehead atoms. The molecule has 0 aromatic heterocycles. The van der Waals surface area contributed by atoms with E-state index in [0.29, 0.717) is 0 Å². The molecule has 0 N–H and O–H groups in total. The van der Waals surface area contributed by atoms with Gasteiger partial charge in [-0.15, -0.1) is 11.6 Å². The van der Waals surface area contributed by atoms with Crippen LogP contribution in [-0.4, -0.2) is 5.38 Å². The van der Waals surface area contributed by atoms with Crippen LogP contribution in [0.15, 0.2) is 12.2 Å². The molecule has 1 atom stereocenters. The minimum Gasteiger partial charge on any atom is -0.119 e. The van der Waals surface area contributed by atoms with E-state index in [1.54, 1.807) is 0 Å². The molecule has 0 saturated heterocycles. The second kappa shape index (κ2) is 3.23. The molecule has 0 aliphatic rings. The molecular weight excluding hydrogens is 95.5 g/mol. The normalized spacial score (nSPS) is 15.8. The van der Waals surface area contributed by atoms with Gasteiger partial charge in [0.05, 0.1) is 0 Å². The van der Waals surface area contributed by atoms with Gasteiger partial charge in [0.2, 0.25) is 0 Å².